The molecule has 4 unspecified atom stereocenters. The van der Waals surface area contributed by atoms with E-state index in [0.717, 1.165) is 44.2 Å². The summed E-state index contributed by atoms with van der Waals surface area (Å²) >= 11 is 0. The van der Waals surface area contributed by atoms with E-state index in [1.807, 2.05) is 18.6 Å². The van der Waals surface area contributed by atoms with Crippen molar-refractivity contribution in [3.05, 3.63) is 24.8 Å². The number of imidazole rings is 1. The van der Waals surface area contributed by atoms with E-state index in [9.17, 15) is 9.59 Å². The standard InChI is InChI=1S/C24H32N2O3/c1-15(27)29-17-6-8-23(2)16(12-17)4-5-18-19(23)7-9-24(3)21(13-20(28)22(18)24)26-11-10-25-14-26/h10-11,13-14,16-19,22H,4-9,12H2,1-3H3/t16?,17-,18?,19?,22?,23-,24+/m0/s1. The van der Waals surface area contributed by atoms with Gasteiger partial charge in [-0.25, -0.2) is 4.98 Å². The fraction of sp³-hybridized carbons (Fsp3) is 0.708. The number of allylic oxidation sites excluding steroid dienone is 2. The van der Waals surface area contributed by atoms with E-state index in [0.29, 0.717) is 23.5 Å². The lowest BCUT2D eigenvalue weighted by molar-refractivity contribution is -0.160. The molecule has 0 aliphatic heterocycles. The Kier molecular flexibility index (Phi) is 4.31. The van der Waals surface area contributed by atoms with Crippen molar-refractivity contribution in [2.75, 3.05) is 0 Å². The third-order valence-electron chi connectivity index (χ3n) is 9.07. The van der Waals surface area contributed by atoms with Crippen LogP contribution >= 0.6 is 0 Å². The van der Waals surface area contributed by atoms with Gasteiger partial charge in [0.25, 0.3) is 0 Å². The Bertz CT molecular complexity index is 859. The summed E-state index contributed by atoms with van der Waals surface area (Å²) in [5, 5.41) is 0. The van der Waals surface area contributed by atoms with E-state index in [1.54, 1.807) is 6.20 Å². The molecule has 5 rings (SSSR count). The summed E-state index contributed by atoms with van der Waals surface area (Å²) in [4.78, 5) is 28.9. The first kappa shape index (κ1) is 19.1. The fourth-order valence-corrected chi connectivity index (χ4v) is 7.74. The number of fused-ring (bicyclic) bond motifs is 5. The van der Waals surface area contributed by atoms with Crippen molar-refractivity contribution in [1.82, 2.24) is 9.55 Å². The number of hydrogen-bond donors (Lipinski definition) is 0. The minimum atomic E-state index is -0.157. The van der Waals surface area contributed by atoms with Gasteiger partial charge < -0.3 is 9.30 Å². The maximum Gasteiger partial charge on any atom is 0.302 e. The van der Waals surface area contributed by atoms with Crippen LogP contribution < -0.4 is 0 Å². The van der Waals surface area contributed by atoms with Gasteiger partial charge in [0.1, 0.15) is 6.10 Å². The van der Waals surface area contributed by atoms with Crippen molar-refractivity contribution in [3.63, 3.8) is 0 Å². The quantitative estimate of drug-likeness (QED) is 0.691. The molecule has 5 heteroatoms. The number of nitrogens with zero attached hydrogens (tertiary/aromatic N) is 2. The molecule has 1 aromatic heterocycles. The minimum Gasteiger partial charge on any atom is -0.463 e. The van der Waals surface area contributed by atoms with E-state index < -0.39 is 0 Å². The van der Waals surface area contributed by atoms with Crippen molar-refractivity contribution < 1.29 is 14.3 Å². The van der Waals surface area contributed by atoms with Crippen molar-refractivity contribution in [2.45, 2.75) is 71.8 Å². The van der Waals surface area contributed by atoms with E-state index >= 15 is 0 Å². The predicted octanol–water partition coefficient (Wildman–Crippen LogP) is 4.49. The fourth-order valence-electron chi connectivity index (χ4n) is 7.74. The van der Waals surface area contributed by atoms with E-state index in [4.69, 9.17) is 4.74 Å². The van der Waals surface area contributed by atoms with Crippen LogP contribution in [0.5, 0.6) is 0 Å². The summed E-state index contributed by atoms with van der Waals surface area (Å²) in [6.45, 7) is 6.28. The second kappa shape index (κ2) is 6.55. The number of hydrogen-bond acceptors (Lipinski definition) is 4. The van der Waals surface area contributed by atoms with Crippen molar-refractivity contribution in [3.8, 4) is 0 Å². The van der Waals surface area contributed by atoms with Gasteiger partial charge in [0.05, 0.1) is 6.33 Å². The molecule has 1 heterocycles. The topological polar surface area (TPSA) is 61.2 Å². The van der Waals surface area contributed by atoms with Gasteiger partial charge in [0, 0.05) is 42.4 Å². The summed E-state index contributed by atoms with van der Waals surface area (Å²) in [6.07, 6.45) is 15.1. The van der Waals surface area contributed by atoms with Crippen molar-refractivity contribution in [2.24, 2.45) is 34.5 Å². The van der Waals surface area contributed by atoms with Crippen LogP contribution in [0.4, 0.5) is 0 Å². The zero-order valence-electron chi connectivity index (χ0n) is 17.8. The number of aromatic nitrogens is 2. The molecule has 4 aliphatic rings. The number of carbonyl (C=O) groups is 2. The molecule has 1 aromatic rings. The molecule has 0 saturated heterocycles. The van der Waals surface area contributed by atoms with E-state index in [1.165, 1.54) is 13.3 Å². The molecule has 0 bridgehead atoms. The number of ketones is 1. The second-order valence-corrected chi connectivity index (χ2v) is 10.4. The molecule has 29 heavy (non-hydrogen) atoms. The van der Waals surface area contributed by atoms with Gasteiger partial charge in [0.2, 0.25) is 0 Å². The largest absolute Gasteiger partial charge is 0.463 e. The molecule has 0 N–H and O–H groups in total. The molecule has 0 amide bonds. The van der Waals surface area contributed by atoms with Gasteiger partial charge in [0.15, 0.2) is 5.78 Å². The molecule has 3 saturated carbocycles. The van der Waals surface area contributed by atoms with Crippen LogP contribution in [0, 0.1) is 34.5 Å². The highest BCUT2D eigenvalue weighted by molar-refractivity contribution is 6.03. The third-order valence-corrected chi connectivity index (χ3v) is 9.07. The monoisotopic (exact) mass is 396 g/mol. The Morgan fingerprint density at radius 3 is 2.76 bits per heavy atom. The van der Waals surface area contributed by atoms with Gasteiger partial charge >= 0.3 is 5.97 Å². The predicted molar refractivity (Wildman–Crippen MR) is 110 cm³/mol. The highest BCUT2D eigenvalue weighted by atomic mass is 16.5. The van der Waals surface area contributed by atoms with Crippen LogP contribution in [0.3, 0.4) is 0 Å². The van der Waals surface area contributed by atoms with Crippen molar-refractivity contribution >= 4 is 17.4 Å². The maximum absolute atomic E-state index is 13.2. The molecule has 0 spiro atoms. The third kappa shape index (κ3) is 2.76. The lowest BCUT2D eigenvalue weighted by atomic mass is 9.45. The molecule has 0 radical (unpaired) electrons. The Balaban J connectivity index is 1.41. The smallest absolute Gasteiger partial charge is 0.302 e. The molecule has 156 valence electrons. The molecule has 4 aliphatic carbocycles. The summed E-state index contributed by atoms with van der Waals surface area (Å²) in [5.41, 5.74) is 1.31. The lowest BCUT2D eigenvalue weighted by Crippen LogP contribution is -2.55. The number of esters is 1. The Morgan fingerprint density at radius 1 is 1.21 bits per heavy atom. The van der Waals surface area contributed by atoms with Crippen LogP contribution in [-0.2, 0) is 14.3 Å². The van der Waals surface area contributed by atoms with Crippen molar-refractivity contribution in [1.29, 1.82) is 0 Å². The number of ether oxygens (including phenoxy) is 1. The Morgan fingerprint density at radius 2 is 2.03 bits per heavy atom. The van der Waals surface area contributed by atoms with Crippen LogP contribution in [0.15, 0.2) is 24.8 Å². The molecular formula is C24H32N2O3. The Labute approximate surface area is 172 Å². The van der Waals surface area contributed by atoms with Gasteiger partial charge in [-0.1, -0.05) is 13.8 Å². The number of rotatable bonds is 2. The van der Waals surface area contributed by atoms with Gasteiger partial charge in [-0.2, -0.15) is 0 Å². The maximum atomic E-state index is 13.2. The summed E-state index contributed by atoms with van der Waals surface area (Å²) < 4.78 is 7.62. The van der Waals surface area contributed by atoms with Crippen LogP contribution in [0.25, 0.3) is 5.70 Å². The molecule has 3 fully saturated rings. The first-order valence-electron chi connectivity index (χ1n) is 11.2. The molecule has 5 nitrogen and oxygen atoms in total. The first-order valence-corrected chi connectivity index (χ1v) is 11.2. The number of carbonyl (C=O) groups excluding carboxylic acids is 2. The van der Waals surface area contributed by atoms with Crippen LogP contribution in [0.2, 0.25) is 0 Å². The zero-order valence-corrected chi connectivity index (χ0v) is 17.8. The highest BCUT2D eigenvalue weighted by Gasteiger charge is 2.61. The van der Waals surface area contributed by atoms with Crippen LogP contribution in [-0.4, -0.2) is 27.4 Å². The second-order valence-electron chi connectivity index (χ2n) is 10.4. The summed E-state index contributed by atoms with van der Waals surface area (Å²) in [5.74, 6) is 1.92. The highest BCUT2D eigenvalue weighted by Crippen LogP contribution is 2.66. The van der Waals surface area contributed by atoms with Gasteiger partial charge in [-0.05, 0) is 68.1 Å². The molecular weight excluding hydrogens is 364 g/mol. The van der Waals surface area contributed by atoms with Gasteiger partial charge in [-0.15, -0.1) is 0 Å². The first-order chi connectivity index (χ1) is 13.8. The average Bonchev–Trinajstić information content (AvgIpc) is 3.27. The molecule has 7 atom stereocenters. The van der Waals surface area contributed by atoms with Gasteiger partial charge in [-0.3, -0.25) is 9.59 Å². The average molecular weight is 397 g/mol. The van der Waals surface area contributed by atoms with Crippen LogP contribution in [0.1, 0.15) is 65.7 Å². The Hall–Kier alpha value is -1.91. The normalized spacial score (nSPS) is 43.8. The SMILES string of the molecule is CC(=O)O[C@H]1CC[C@@]2(C)C(CCC3C2CC[C@]2(C)C(n4ccnc4)=CC(=O)C32)C1. The lowest BCUT2D eigenvalue weighted by Gasteiger charge is -2.60. The summed E-state index contributed by atoms with van der Waals surface area (Å²) in [7, 11) is 0. The minimum absolute atomic E-state index is 0.0820. The summed E-state index contributed by atoms with van der Waals surface area (Å²) in [6, 6.07) is 0. The van der Waals surface area contributed by atoms with E-state index in [2.05, 4.69) is 23.4 Å². The molecule has 0 aromatic carbocycles. The zero-order chi connectivity index (χ0) is 20.4. The van der Waals surface area contributed by atoms with E-state index in [-0.39, 0.29) is 28.8 Å².